The molecule has 2 heterocycles. The summed E-state index contributed by atoms with van der Waals surface area (Å²) in [5.41, 5.74) is 6.88. The number of piperazine rings is 1. The zero-order valence-electron chi connectivity index (χ0n) is 16.4. The van der Waals surface area contributed by atoms with Crippen molar-refractivity contribution in [2.75, 3.05) is 38.5 Å². The van der Waals surface area contributed by atoms with E-state index in [4.69, 9.17) is 22.1 Å². The number of carbonyl (C=O) groups is 3. The minimum Gasteiger partial charge on any atom is -0.450 e. The van der Waals surface area contributed by atoms with Crippen LogP contribution < -0.4 is 11.1 Å². The predicted octanol–water partition coefficient (Wildman–Crippen LogP) is 2.22. The van der Waals surface area contributed by atoms with Crippen LogP contribution in [-0.4, -0.2) is 64.9 Å². The maximum Gasteiger partial charge on any atom is 0.409 e. The van der Waals surface area contributed by atoms with E-state index in [2.05, 4.69) is 9.69 Å². The van der Waals surface area contributed by atoms with Gasteiger partial charge in [-0.3, -0.25) is 9.59 Å². The van der Waals surface area contributed by atoms with Crippen LogP contribution in [0.15, 0.2) is 24.3 Å². The smallest absolute Gasteiger partial charge is 0.409 e. The van der Waals surface area contributed by atoms with Crippen molar-refractivity contribution in [1.82, 2.24) is 19.5 Å². The fourth-order valence-corrected chi connectivity index (χ4v) is 3.94. The van der Waals surface area contributed by atoms with Gasteiger partial charge >= 0.3 is 6.09 Å². The van der Waals surface area contributed by atoms with Gasteiger partial charge in [-0.2, -0.15) is 4.37 Å². The number of nitrogen functional groups attached to an aromatic ring is 1. The van der Waals surface area contributed by atoms with Crippen molar-refractivity contribution in [1.29, 1.82) is 0 Å². The molecule has 3 amide bonds. The molecule has 1 aliphatic heterocycles. The third-order valence-corrected chi connectivity index (χ3v) is 5.85. The van der Waals surface area contributed by atoms with Crippen molar-refractivity contribution in [3.63, 3.8) is 0 Å². The van der Waals surface area contributed by atoms with Gasteiger partial charge in [-0.05, 0) is 30.1 Å². The lowest BCUT2D eigenvalue weighted by Gasteiger charge is -2.33. The highest BCUT2D eigenvalue weighted by molar-refractivity contribution is 7.09. The summed E-state index contributed by atoms with van der Waals surface area (Å²) in [5, 5.41) is 3.26. The number of benzene rings is 1. The SMILES string of the molecule is CCOC(=O)N1CCN(C(=O)c2snc(C(=O)NCc3ccccc3Cl)c2N)CC1. The van der Waals surface area contributed by atoms with E-state index in [9.17, 15) is 14.4 Å². The average molecular weight is 452 g/mol. The molecule has 9 nitrogen and oxygen atoms in total. The molecule has 1 aromatic carbocycles. The Morgan fingerprint density at radius 2 is 1.87 bits per heavy atom. The number of aromatic nitrogens is 1. The lowest BCUT2D eigenvalue weighted by molar-refractivity contribution is 0.0575. The second-order valence-electron chi connectivity index (χ2n) is 6.53. The minimum atomic E-state index is -0.477. The molecule has 1 fully saturated rings. The highest BCUT2D eigenvalue weighted by Crippen LogP contribution is 2.24. The minimum absolute atomic E-state index is 0.0144. The summed E-state index contributed by atoms with van der Waals surface area (Å²) in [5.74, 6) is -0.784. The number of amides is 3. The van der Waals surface area contributed by atoms with Gasteiger partial charge in [0, 0.05) is 37.7 Å². The van der Waals surface area contributed by atoms with Crippen LogP contribution in [-0.2, 0) is 11.3 Å². The molecule has 1 saturated heterocycles. The molecule has 0 radical (unpaired) electrons. The quantitative estimate of drug-likeness (QED) is 0.719. The molecule has 2 aromatic rings. The molecule has 0 aliphatic carbocycles. The molecule has 0 saturated carbocycles. The Kier molecular flexibility index (Phi) is 7.11. The topological polar surface area (TPSA) is 118 Å². The molecule has 3 N–H and O–H groups in total. The van der Waals surface area contributed by atoms with Crippen LogP contribution >= 0.6 is 23.1 Å². The Balaban J connectivity index is 1.60. The number of hydrogen-bond acceptors (Lipinski definition) is 7. The van der Waals surface area contributed by atoms with Gasteiger partial charge in [0.15, 0.2) is 5.69 Å². The summed E-state index contributed by atoms with van der Waals surface area (Å²) < 4.78 is 9.05. The number of halogens is 1. The lowest BCUT2D eigenvalue weighted by atomic mass is 10.2. The summed E-state index contributed by atoms with van der Waals surface area (Å²) in [6.07, 6.45) is -0.389. The average Bonchev–Trinajstić information content (AvgIpc) is 3.14. The Bertz CT molecular complexity index is 943. The number of carbonyl (C=O) groups excluding carboxylic acids is 3. The van der Waals surface area contributed by atoms with Crippen LogP contribution in [0.5, 0.6) is 0 Å². The third kappa shape index (κ3) is 4.82. The number of rotatable bonds is 5. The first kappa shape index (κ1) is 21.8. The Morgan fingerprint density at radius 3 is 2.53 bits per heavy atom. The van der Waals surface area contributed by atoms with Crippen LogP contribution in [0.25, 0.3) is 0 Å². The van der Waals surface area contributed by atoms with E-state index in [1.165, 1.54) is 0 Å². The second kappa shape index (κ2) is 9.77. The van der Waals surface area contributed by atoms with Crippen molar-refractivity contribution in [2.24, 2.45) is 0 Å². The fourth-order valence-electron chi connectivity index (χ4n) is 2.97. The van der Waals surface area contributed by atoms with Crippen molar-refractivity contribution in [3.8, 4) is 0 Å². The molecule has 1 aromatic heterocycles. The summed E-state index contributed by atoms with van der Waals surface area (Å²) in [6.45, 7) is 3.70. The van der Waals surface area contributed by atoms with Gasteiger partial charge in [0.1, 0.15) is 4.88 Å². The van der Waals surface area contributed by atoms with Crippen molar-refractivity contribution in [2.45, 2.75) is 13.5 Å². The van der Waals surface area contributed by atoms with Crippen LogP contribution in [0.1, 0.15) is 32.6 Å². The van der Waals surface area contributed by atoms with Crippen molar-refractivity contribution in [3.05, 3.63) is 45.4 Å². The first-order valence-electron chi connectivity index (χ1n) is 9.40. The number of anilines is 1. The van der Waals surface area contributed by atoms with Gasteiger partial charge in [0.05, 0.1) is 12.3 Å². The van der Waals surface area contributed by atoms with Crippen LogP contribution in [0.2, 0.25) is 5.02 Å². The van der Waals surface area contributed by atoms with E-state index in [-0.39, 0.29) is 34.8 Å². The molecule has 0 unspecified atom stereocenters. The molecule has 1 aliphatic rings. The summed E-state index contributed by atoms with van der Waals surface area (Å²) >= 11 is 6.98. The number of ether oxygens (including phenoxy) is 1. The Morgan fingerprint density at radius 1 is 1.20 bits per heavy atom. The molecular formula is C19H22ClN5O4S. The molecule has 0 spiro atoms. The van der Waals surface area contributed by atoms with E-state index < -0.39 is 5.91 Å². The highest BCUT2D eigenvalue weighted by Gasteiger charge is 2.29. The maximum atomic E-state index is 12.8. The third-order valence-electron chi connectivity index (χ3n) is 4.63. The summed E-state index contributed by atoms with van der Waals surface area (Å²) in [7, 11) is 0. The van der Waals surface area contributed by atoms with Crippen LogP contribution in [0.4, 0.5) is 10.5 Å². The van der Waals surface area contributed by atoms with Crippen molar-refractivity contribution >= 4 is 46.7 Å². The number of nitrogens with zero attached hydrogens (tertiary/aromatic N) is 3. The van der Waals surface area contributed by atoms with Gasteiger partial charge in [0.25, 0.3) is 11.8 Å². The van der Waals surface area contributed by atoms with Gasteiger partial charge in [-0.15, -0.1) is 0 Å². The standard InChI is InChI=1S/C19H22ClN5O4S/c1-2-29-19(28)25-9-7-24(8-10-25)18(27)16-14(21)15(23-30-16)17(26)22-11-12-5-3-4-6-13(12)20/h3-6H,2,7-11,21H2,1H3,(H,22,26). The van der Waals surface area contributed by atoms with E-state index in [0.717, 1.165) is 17.1 Å². The summed E-state index contributed by atoms with van der Waals surface area (Å²) in [4.78, 5) is 40.4. The summed E-state index contributed by atoms with van der Waals surface area (Å²) in [6, 6.07) is 7.16. The Labute approximate surface area is 182 Å². The monoisotopic (exact) mass is 451 g/mol. The molecule has 160 valence electrons. The molecule has 0 atom stereocenters. The predicted molar refractivity (Wildman–Crippen MR) is 114 cm³/mol. The molecule has 3 rings (SSSR count). The highest BCUT2D eigenvalue weighted by atomic mass is 35.5. The van der Waals surface area contributed by atoms with Crippen molar-refractivity contribution < 1.29 is 19.1 Å². The molecule has 0 bridgehead atoms. The van der Waals surface area contributed by atoms with Crippen LogP contribution in [0, 0.1) is 0 Å². The van der Waals surface area contributed by atoms with E-state index in [1.807, 2.05) is 6.07 Å². The van der Waals surface area contributed by atoms with Crippen LogP contribution in [0.3, 0.4) is 0 Å². The Hall–Kier alpha value is -2.85. The first-order chi connectivity index (χ1) is 14.4. The number of nitrogens with one attached hydrogen (secondary N) is 1. The van der Waals surface area contributed by atoms with Gasteiger partial charge in [0.2, 0.25) is 0 Å². The molecule has 30 heavy (non-hydrogen) atoms. The molecular weight excluding hydrogens is 430 g/mol. The molecule has 11 heteroatoms. The normalized spacial score (nSPS) is 13.8. The zero-order valence-corrected chi connectivity index (χ0v) is 18.0. The van der Waals surface area contributed by atoms with Gasteiger partial charge in [-0.25, -0.2) is 4.79 Å². The second-order valence-corrected chi connectivity index (χ2v) is 7.71. The van der Waals surface area contributed by atoms with Gasteiger partial charge < -0.3 is 25.6 Å². The number of hydrogen-bond donors (Lipinski definition) is 2. The van der Waals surface area contributed by atoms with E-state index in [1.54, 1.807) is 34.9 Å². The first-order valence-corrected chi connectivity index (χ1v) is 10.5. The fraction of sp³-hybridized carbons (Fsp3) is 0.368. The van der Waals surface area contributed by atoms with E-state index in [0.29, 0.717) is 37.8 Å². The maximum absolute atomic E-state index is 12.8. The van der Waals surface area contributed by atoms with E-state index >= 15 is 0 Å². The van der Waals surface area contributed by atoms with Gasteiger partial charge in [-0.1, -0.05) is 29.8 Å². The zero-order chi connectivity index (χ0) is 21.7. The lowest BCUT2D eigenvalue weighted by Crippen LogP contribution is -2.50. The number of nitrogens with two attached hydrogens (primary N) is 1. The largest absolute Gasteiger partial charge is 0.450 e.